The number of aliphatic hydroxyl groups is 1. The van der Waals surface area contributed by atoms with Crippen LogP contribution in [0.25, 0.3) is 0 Å². The molecule has 0 spiro atoms. The molecule has 3 nitrogen and oxygen atoms in total. The molecule has 0 bridgehead atoms. The Morgan fingerprint density at radius 1 is 1.32 bits per heavy atom. The molecule has 1 aliphatic rings. The molecule has 2 rings (SSSR count). The van der Waals surface area contributed by atoms with Gasteiger partial charge < -0.3 is 15.2 Å². The van der Waals surface area contributed by atoms with Gasteiger partial charge in [-0.3, -0.25) is 0 Å². The fourth-order valence-electron chi connectivity index (χ4n) is 2.93. The maximum atomic E-state index is 9.63. The second-order valence-electron chi connectivity index (χ2n) is 5.47. The van der Waals surface area contributed by atoms with Crippen LogP contribution in [-0.2, 0) is 0 Å². The fraction of sp³-hybridized carbons (Fsp3) is 0.625. The average molecular weight is 263 g/mol. The zero-order chi connectivity index (χ0) is 13.7. The zero-order valence-corrected chi connectivity index (χ0v) is 12.0. The largest absolute Gasteiger partial charge is 0.496 e. The Labute approximate surface area is 116 Å². The first kappa shape index (κ1) is 14.4. The first-order valence-corrected chi connectivity index (χ1v) is 7.26. The third kappa shape index (κ3) is 3.71. The molecule has 0 aromatic heterocycles. The van der Waals surface area contributed by atoms with Crippen molar-refractivity contribution in [1.82, 2.24) is 5.32 Å². The summed E-state index contributed by atoms with van der Waals surface area (Å²) in [5.41, 5.74) is 2.26. The lowest BCUT2D eigenvalue weighted by Crippen LogP contribution is -2.36. The Morgan fingerprint density at radius 3 is 2.63 bits per heavy atom. The van der Waals surface area contributed by atoms with Gasteiger partial charge in [0.05, 0.1) is 19.8 Å². The van der Waals surface area contributed by atoms with Gasteiger partial charge in [-0.05, 0) is 37.0 Å². The molecule has 19 heavy (non-hydrogen) atoms. The Hall–Kier alpha value is -1.06. The molecule has 1 unspecified atom stereocenters. The summed E-state index contributed by atoms with van der Waals surface area (Å²) in [5.74, 6) is 0.901. The van der Waals surface area contributed by atoms with E-state index < -0.39 is 0 Å². The van der Waals surface area contributed by atoms with Gasteiger partial charge in [-0.1, -0.05) is 31.4 Å². The van der Waals surface area contributed by atoms with Gasteiger partial charge in [0.25, 0.3) is 0 Å². The number of hydrogen-bond acceptors (Lipinski definition) is 3. The maximum Gasteiger partial charge on any atom is 0.121 e. The number of benzene rings is 1. The van der Waals surface area contributed by atoms with E-state index in [2.05, 4.69) is 11.4 Å². The molecule has 0 aliphatic heterocycles. The molecular formula is C16H25NO2. The van der Waals surface area contributed by atoms with Crippen LogP contribution in [-0.4, -0.2) is 24.9 Å². The van der Waals surface area contributed by atoms with Crippen LogP contribution in [0.4, 0.5) is 0 Å². The van der Waals surface area contributed by atoms with E-state index in [1.54, 1.807) is 7.11 Å². The minimum absolute atomic E-state index is 0.0349. The van der Waals surface area contributed by atoms with Gasteiger partial charge in [0, 0.05) is 6.04 Å². The van der Waals surface area contributed by atoms with Crippen molar-refractivity contribution in [2.75, 3.05) is 13.7 Å². The Bertz CT molecular complexity index is 400. The van der Waals surface area contributed by atoms with Crippen LogP contribution in [0.2, 0.25) is 0 Å². The number of nitrogens with one attached hydrogen (secondary N) is 1. The monoisotopic (exact) mass is 263 g/mol. The van der Waals surface area contributed by atoms with Gasteiger partial charge in [-0.15, -0.1) is 0 Å². The third-order valence-electron chi connectivity index (χ3n) is 4.05. The van der Waals surface area contributed by atoms with Crippen LogP contribution in [0.3, 0.4) is 0 Å². The smallest absolute Gasteiger partial charge is 0.121 e. The van der Waals surface area contributed by atoms with Gasteiger partial charge in [-0.2, -0.15) is 0 Å². The standard InChI is InChI=1S/C16H25NO2/c1-12-10-13(8-9-16(12)19-2)15(11-18)17-14-6-4-3-5-7-14/h8-10,14-15,17-18H,3-7,11H2,1-2H3. The number of methoxy groups -OCH3 is 1. The van der Waals surface area contributed by atoms with Gasteiger partial charge in [0.2, 0.25) is 0 Å². The van der Waals surface area contributed by atoms with E-state index >= 15 is 0 Å². The quantitative estimate of drug-likeness (QED) is 0.858. The first-order chi connectivity index (χ1) is 9.24. The lowest BCUT2D eigenvalue weighted by Gasteiger charge is -2.28. The lowest BCUT2D eigenvalue weighted by atomic mass is 9.94. The molecule has 1 fully saturated rings. The molecule has 1 aromatic carbocycles. The highest BCUT2D eigenvalue weighted by atomic mass is 16.5. The summed E-state index contributed by atoms with van der Waals surface area (Å²) < 4.78 is 5.28. The lowest BCUT2D eigenvalue weighted by molar-refractivity contribution is 0.220. The van der Waals surface area contributed by atoms with Crippen LogP contribution in [0.1, 0.15) is 49.3 Å². The van der Waals surface area contributed by atoms with E-state index in [4.69, 9.17) is 4.74 Å². The predicted molar refractivity (Wildman–Crippen MR) is 77.6 cm³/mol. The maximum absolute atomic E-state index is 9.63. The minimum atomic E-state index is 0.0349. The molecule has 1 aliphatic carbocycles. The number of hydrogen-bond donors (Lipinski definition) is 2. The van der Waals surface area contributed by atoms with Crippen molar-refractivity contribution in [1.29, 1.82) is 0 Å². The topological polar surface area (TPSA) is 41.5 Å². The summed E-state index contributed by atoms with van der Waals surface area (Å²) in [7, 11) is 1.69. The summed E-state index contributed by atoms with van der Waals surface area (Å²) in [5, 5.41) is 13.2. The first-order valence-electron chi connectivity index (χ1n) is 7.26. The number of rotatable bonds is 5. The normalized spacial score (nSPS) is 18.3. The van der Waals surface area contributed by atoms with E-state index in [0.29, 0.717) is 6.04 Å². The SMILES string of the molecule is COc1ccc(C(CO)NC2CCCCC2)cc1C. The third-order valence-corrected chi connectivity index (χ3v) is 4.05. The number of aliphatic hydroxyl groups excluding tert-OH is 1. The molecular weight excluding hydrogens is 238 g/mol. The Balaban J connectivity index is 2.05. The minimum Gasteiger partial charge on any atom is -0.496 e. The summed E-state index contributed by atoms with van der Waals surface area (Å²) in [6, 6.07) is 6.72. The van der Waals surface area contributed by atoms with Crippen LogP contribution in [0.5, 0.6) is 5.75 Å². The van der Waals surface area contributed by atoms with Crippen LogP contribution >= 0.6 is 0 Å². The van der Waals surface area contributed by atoms with Crippen LogP contribution < -0.4 is 10.1 Å². The van der Waals surface area contributed by atoms with E-state index in [-0.39, 0.29) is 12.6 Å². The molecule has 1 aromatic rings. The second-order valence-corrected chi connectivity index (χ2v) is 5.47. The average Bonchev–Trinajstić information content (AvgIpc) is 2.46. The van der Waals surface area contributed by atoms with Crippen LogP contribution in [0, 0.1) is 6.92 Å². The van der Waals surface area contributed by atoms with Crippen molar-refractivity contribution in [3.8, 4) is 5.75 Å². The number of aryl methyl sites for hydroxylation is 1. The molecule has 3 heteroatoms. The highest BCUT2D eigenvalue weighted by Crippen LogP contribution is 2.25. The molecule has 0 heterocycles. The van der Waals surface area contributed by atoms with E-state index in [1.165, 1.54) is 32.1 Å². The van der Waals surface area contributed by atoms with Gasteiger partial charge >= 0.3 is 0 Å². The molecule has 1 saturated carbocycles. The second kappa shape index (κ2) is 6.92. The highest BCUT2D eigenvalue weighted by Gasteiger charge is 2.19. The van der Waals surface area contributed by atoms with Gasteiger partial charge in [-0.25, -0.2) is 0 Å². The highest BCUT2D eigenvalue weighted by molar-refractivity contribution is 5.37. The zero-order valence-electron chi connectivity index (χ0n) is 12.0. The Morgan fingerprint density at radius 2 is 2.05 bits per heavy atom. The summed E-state index contributed by atoms with van der Waals surface area (Å²) in [6.45, 7) is 2.18. The molecule has 0 radical (unpaired) electrons. The predicted octanol–water partition coefficient (Wildman–Crippen LogP) is 2.96. The summed E-state index contributed by atoms with van der Waals surface area (Å²) >= 11 is 0. The molecule has 0 saturated heterocycles. The van der Waals surface area contributed by atoms with Crippen molar-refractivity contribution >= 4 is 0 Å². The summed E-state index contributed by atoms with van der Waals surface area (Å²) in [6.07, 6.45) is 6.41. The van der Waals surface area contributed by atoms with Crippen LogP contribution in [0.15, 0.2) is 18.2 Å². The Kier molecular flexibility index (Phi) is 5.23. The van der Waals surface area contributed by atoms with E-state index in [1.807, 2.05) is 19.1 Å². The van der Waals surface area contributed by atoms with Gasteiger partial charge in [0.1, 0.15) is 5.75 Å². The number of ether oxygens (including phenoxy) is 1. The summed E-state index contributed by atoms with van der Waals surface area (Å²) in [4.78, 5) is 0. The molecule has 0 amide bonds. The fourth-order valence-corrected chi connectivity index (χ4v) is 2.93. The van der Waals surface area contributed by atoms with Crippen molar-refractivity contribution in [3.05, 3.63) is 29.3 Å². The molecule has 1 atom stereocenters. The molecule has 2 N–H and O–H groups in total. The van der Waals surface area contributed by atoms with E-state index in [0.717, 1.165) is 16.9 Å². The van der Waals surface area contributed by atoms with E-state index in [9.17, 15) is 5.11 Å². The van der Waals surface area contributed by atoms with Crippen molar-refractivity contribution in [3.63, 3.8) is 0 Å². The van der Waals surface area contributed by atoms with Gasteiger partial charge in [0.15, 0.2) is 0 Å². The van der Waals surface area contributed by atoms with Crippen molar-refractivity contribution in [2.24, 2.45) is 0 Å². The molecule has 106 valence electrons. The van der Waals surface area contributed by atoms with Crippen molar-refractivity contribution in [2.45, 2.75) is 51.1 Å². The van der Waals surface area contributed by atoms with Crippen molar-refractivity contribution < 1.29 is 9.84 Å².